The van der Waals surface area contributed by atoms with Crippen molar-refractivity contribution in [2.75, 3.05) is 44.0 Å². The summed E-state index contributed by atoms with van der Waals surface area (Å²) in [5, 5.41) is 0. The number of hydrogen-bond acceptors (Lipinski definition) is 5. The molecule has 0 saturated carbocycles. The SMILES string of the molecule is CN(C)c1nc(CCN)nc2c1CCN2C. The molecule has 16 heavy (non-hydrogen) atoms. The molecule has 5 heteroatoms. The minimum Gasteiger partial charge on any atom is -0.362 e. The molecule has 0 saturated heterocycles. The molecule has 1 aromatic rings. The second-order valence-electron chi connectivity index (χ2n) is 4.37. The van der Waals surface area contributed by atoms with E-state index in [1.807, 2.05) is 14.1 Å². The Balaban J connectivity index is 2.48. The summed E-state index contributed by atoms with van der Waals surface area (Å²) in [6.07, 6.45) is 1.77. The van der Waals surface area contributed by atoms with Crippen LogP contribution in [-0.2, 0) is 12.8 Å². The molecule has 88 valence electrons. The molecule has 0 spiro atoms. The summed E-state index contributed by atoms with van der Waals surface area (Å²) in [7, 11) is 6.12. The Morgan fingerprint density at radius 1 is 1.38 bits per heavy atom. The van der Waals surface area contributed by atoms with E-state index in [1.54, 1.807) is 0 Å². The normalized spacial score (nSPS) is 14.1. The highest BCUT2D eigenvalue weighted by atomic mass is 15.2. The highest BCUT2D eigenvalue weighted by Gasteiger charge is 2.23. The Kier molecular flexibility index (Phi) is 2.96. The van der Waals surface area contributed by atoms with Crippen molar-refractivity contribution >= 4 is 11.6 Å². The molecule has 0 radical (unpaired) electrons. The summed E-state index contributed by atoms with van der Waals surface area (Å²) in [4.78, 5) is 13.4. The summed E-state index contributed by atoms with van der Waals surface area (Å²) in [6.45, 7) is 1.62. The number of aromatic nitrogens is 2. The van der Waals surface area contributed by atoms with Gasteiger partial charge < -0.3 is 15.5 Å². The van der Waals surface area contributed by atoms with Crippen molar-refractivity contribution in [2.45, 2.75) is 12.8 Å². The van der Waals surface area contributed by atoms with Crippen LogP contribution < -0.4 is 15.5 Å². The standard InChI is InChI=1S/C11H19N5/c1-15(2)10-8-5-7-16(3)11(8)14-9(13-10)4-6-12/h4-7,12H2,1-3H3. The van der Waals surface area contributed by atoms with Crippen LogP contribution in [0.5, 0.6) is 0 Å². The first kappa shape index (κ1) is 11.1. The van der Waals surface area contributed by atoms with Crippen molar-refractivity contribution in [1.29, 1.82) is 0 Å². The maximum absolute atomic E-state index is 5.56. The summed E-state index contributed by atoms with van der Waals surface area (Å²) in [6, 6.07) is 0. The predicted molar refractivity (Wildman–Crippen MR) is 66.1 cm³/mol. The van der Waals surface area contributed by atoms with Gasteiger partial charge in [-0.05, 0) is 13.0 Å². The van der Waals surface area contributed by atoms with E-state index in [9.17, 15) is 0 Å². The van der Waals surface area contributed by atoms with E-state index in [2.05, 4.69) is 26.8 Å². The molecule has 1 aliphatic heterocycles. The minimum absolute atomic E-state index is 0.593. The summed E-state index contributed by atoms with van der Waals surface area (Å²) < 4.78 is 0. The maximum atomic E-state index is 5.56. The summed E-state index contributed by atoms with van der Waals surface area (Å²) in [5.74, 6) is 2.96. The van der Waals surface area contributed by atoms with Crippen LogP contribution in [0.15, 0.2) is 0 Å². The maximum Gasteiger partial charge on any atom is 0.137 e. The molecular formula is C11H19N5. The molecule has 0 bridgehead atoms. The molecule has 2 rings (SSSR count). The molecule has 0 atom stereocenters. The lowest BCUT2D eigenvalue weighted by atomic mass is 10.2. The van der Waals surface area contributed by atoms with Crippen LogP contribution in [0.4, 0.5) is 11.6 Å². The van der Waals surface area contributed by atoms with Crippen LogP contribution in [0.1, 0.15) is 11.4 Å². The van der Waals surface area contributed by atoms with Gasteiger partial charge >= 0.3 is 0 Å². The van der Waals surface area contributed by atoms with E-state index >= 15 is 0 Å². The fourth-order valence-corrected chi connectivity index (χ4v) is 2.04. The third kappa shape index (κ3) is 1.82. The number of nitrogens with two attached hydrogens (primary N) is 1. The first-order valence-electron chi connectivity index (χ1n) is 5.61. The third-order valence-corrected chi connectivity index (χ3v) is 2.86. The van der Waals surface area contributed by atoms with Gasteiger partial charge in [0.2, 0.25) is 0 Å². The fraction of sp³-hybridized carbons (Fsp3) is 0.636. The van der Waals surface area contributed by atoms with E-state index in [0.717, 1.165) is 36.8 Å². The zero-order chi connectivity index (χ0) is 11.7. The molecule has 5 nitrogen and oxygen atoms in total. The van der Waals surface area contributed by atoms with E-state index in [1.165, 1.54) is 5.56 Å². The number of fused-ring (bicyclic) bond motifs is 1. The molecular weight excluding hydrogens is 202 g/mol. The number of hydrogen-bond donors (Lipinski definition) is 1. The molecule has 2 N–H and O–H groups in total. The molecule has 2 heterocycles. The van der Waals surface area contributed by atoms with Crippen molar-refractivity contribution in [3.63, 3.8) is 0 Å². The van der Waals surface area contributed by atoms with Gasteiger partial charge in [-0.25, -0.2) is 9.97 Å². The monoisotopic (exact) mass is 221 g/mol. The van der Waals surface area contributed by atoms with Crippen LogP contribution >= 0.6 is 0 Å². The van der Waals surface area contributed by atoms with Crippen LogP contribution in [0.2, 0.25) is 0 Å². The van der Waals surface area contributed by atoms with Crippen molar-refractivity contribution < 1.29 is 0 Å². The number of anilines is 2. The van der Waals surface area contributed by atoms with Gasteiger partial charge in [-0.1, -0.05) is 0 Å². The summed E-state index contributed by atoms with van der Waals surface area (Å²) in [5.41, 5.74) is 6.82. The number of likely N-dealkylation sites (N-methyl/N-ethyl adjacent to an activating group) is 1. The van der Waals surface area contributed by atoms with Gasteiger partial charge in [0, 0.05) is 39.7 Å². The second kappa shape index (κ2) is 4.25. The fourth-order valence-electron chi connectivity index (χ4n) is 2.04. The molecule has 0 aliphatic carbocycles. The first-order valence-corrected chi connectivity index (χ1v) is 5.61. The van der Waals surface area contributed by atoms with Gasteiger partial charge in [-0.3, -0.25) is 0 Å². The zero-order valence-corrected chi connectivity index (χ0v) is 10.2. The second-order valence-corrected chi connectivity index (χ2v) is 4.37. The van der Waals surface area contributed by atoms with Gasteiger partial charge in [0.1, 0.15) is 17.5 Å². The predicted octanol–water partition coefficient (Wildman–Crippen LogP) is 0.0361. The quantitative estimate of drug-likeness (QED) is 0.780. The van der Waals surface area contributed by atoms with Crippen molar-refractivity contribution in [3.05, 3.63) is 11.4 Å². The van der Waals surface area contributed by atoms with Gasteiger partial charge in [0.05, 0.1) is 0 Å². The Labute approximate surface area is 96.3 Å². The molecule has 1 aliphatic rings. The van der Waals surface area contributed by atoms with E-state index in [0.29, 0.717) is 6.54 Å². The van der Waals surface area contributed by atoms with Gasteiger partial charge in [-0.15, -0.1) is 0 Å². The number of nitrogens with zero attached hydrogens (tertiary/aromatic N) is 4. The van der Waals surface area contributed by atoms with E-state index in [-0.39, 0.29) is 0 Å². The highest BCUT2D eigenvalue weighted by Crippen LogP contribution is 2.30. The first-order chi connectivity index (χ1) is 7.63. The molecule has 0 fully saturated rings. The van der Waals surface area contributed by atoms with Crippen LogP contribution in [0, 0.1) is 0 Å². The molecule has 0 unspecified atom stereocenters. The average molecular weight is 221 g/mol. The lowest BCUT2D eigenvalue weighted by Gasteiger charge is -2.18. The molecule has 0 aromatic carbocycles. The lowest BCUT2D eigenvalue weighted by Crippen LogP contribution is -2.18. The zero-order valence-electron chi connectivity index (χ0n) is 10.2. The highest BCUT2D eigenvalue weighted by molar-refractivity contribution is 5.63. The van der Waals surface area contributed by atoms with Crippen molar-refractivity contribution in [1.82, 2.24) is 9.97 Å². The van der Waals surface area contributed by atoms with Crippen molar-refractivity contribution in [3.8, 4) is 0 Å². The topological polar surface area (TPSA) is 58.3 Å². The Bertz CT molecular complexity index is 388. The van der Waals surface area contributed by atoms with E-state index in [4.69, 9.17) is 5.73 Å². The van der Waals surface area contributed by atoms with Crippen LogP contribution in [-0.4, -0.2) is 44.2 Å². The Morgan fingerprint density at radius 3 is 2.75 bits per heavy atom. The van der Waals surface area contributed by atoms with Crippen LogP contribution in [0.3, 0.4) is 0 Å². The molecule has 0 amide bonds. The third-order valence-electron chi connectivity index (χ3n) is 2.86. The average Bonchev–Trinajstić information content (AvgIpc) is 2.60. The van der Waals surface area contributed by atoms with Crippen molar-refractivity contribution in [2.24, 2.45) is 5.73 Å². The largest absolute Gasteiger partial charge is 0.362 e. The Hall–Kier alpha value is -1.36. The minimum atomic E-state index is 0.593. The number of rotatable bonds is 3. The molecule has 1 aromatic heterocycles. The van der Waals surface area contributed by atoms with Crippen LogP contribution in [0.25, 0.3) is 0 Å². The smallest absolute Gasteiger partial charge is 0.137 e. The van der Waals surface area contributed by atoms with Gasteiger partial charge in [0.15, 0.2) is 0 Å². The lowest BCUT2D eigenvalue weighted by molar-refractivity contribution is 0.850. The summed E-state index contributed by atoms with van der Waals surface area (Å²) >= 11 is 0. The van der Waals surface area contributed by atoms with Gasteiger partial charge in [0.25, 0.3) is 0 Å². The van der Waals surface area contributed by atoms with E-state index < -0.39 is 0 Å². The van der Waals surface area contributed by atoms with Gasteiger partial charge in [-0.2, -0.15) is 0 Å². The Morgan fingerprint density at radius 2 is 2.12 bits per heavy atom.